The smallest absolute Gasteiger partial charge is 0.327 e. The maximum Gasteiger partial charge on any atom is 0.327 e. The average Bonchev–Trinajstić information content (AvgIpc) is 2.90. The van der Waals surface area contributed by atoms with Crippen molar-refractivity contribution < 1.29 is 14.4 Å². The van der Waals surface area contributed by atoms with E-state index in [1.165, 1.54) is 4.90 Å². The highest BCUT2D eigenvalue weighted by molar-refractivity contribution is 6.04. The minimum Gasteiger partial charge on any atom is -0.354 e. The number of carbonyl (C=O) groups excluding carboxylic acids is 3. The summed E-state index contributed by atoms with van der Waals surface area (Å²) in [7, 11) is 1.54. The Morgan fingerprint density at radius 1 is 1.00 bits per heavy atom. The second-order valence-electron chi connectivity index (χ2n) is 6.30. The summed E-state index contributed by atoms with van der Waals surface area (Å²) >= 11 is 0. The molecule has 1 heterocycles. The van der Waals surface area contributed by atoms with Gasteiger partial charge < -0.3 is 10.2 Å². The Morgan fingerprint density at radius 3 is 2.00 bits per heavy atom. The van der Waals surface area contributed by atoms with Crippen molar-refractivity contribution in [3.8, 4) is 0 Å². The topological polar surface area (TPSA) is 69.7 Å². The number of nitrogens with zero attached hydrogens (tertiary/aromatic N) is 2. The summed E-state index contributed by atoms with van der Waals surface area (Å²) in [5.74, 6) is -0.705. The van der Waals surface area contributed by atoms with Gasteiger partial charge in [0, 0.05) is 19.5 Å². The van der Waals surface area contributed by atoms with Gasteiger partial charge in [-0.25, -0.2) is 4.79 Å². The van der Waals surface area contributed by atoms with Gasteiger partial charge in [0.05, 0.1) is 0 Å². The van der Waals surface area contributed by atoms with Gasteiger partial charge >= 0.3 is 6.03 Å². The predicted octanol–water partition coefficient (Wildman–Crippen LogP) is 1.83. The molecule has 134 valence electrons. The van der Waals surface area contributed by atoms with E-state index in [9.17, 15) is 14.4 Å². The highest BCUT2D eigenvalue weighted by atomic mass is 16.2. The third-order valence-corrected chi connectivity index (χ3v) is 4.44. The summed E-state index contributed by atoms with van der Waals surface area (Å²) in [6, 6.07) is 19.4. The normalized spacial score (nSPS) is 14.2. The fraction of sp³-hybridized carbons (Fsp3) is 0.250. The van der Waals surface area contributed by atoms with Crippen LogP contribution in [0.3, 0.4) is 0 Å². The molecule has 2 aromatic rings. The van der Waals surface area contributed by atoms with Crippen LogP contribution in [-0.2, 0) is 9.59 Å². The summed E-state index contributed by atoms with van der Waals surface area (Å²) in [5, 5.41) is 2.86. The molecule has 6 nitrogen and oxygen atoms in total. The molecule has 0 aliphatic carbocycles. The van der Waals surface area contributed by atoms with E-state index in [1.807, 2.05) is 60.7 Å². The molecule has 1 saturated heterocycles. The highest BCUT2D eigenvalue weighted by Gasteiger charge is 2.34. The van der Waals surface area contributed by atoms with Crippen molar-refractivity contribution in [1.82, 2.24) is 15.1 Å². The highest BCUT2D eigenvalue weighted by Crippen LogP contribution is 2.23. The van der Waals surface area contributed by atoms with Crippen LogP contribution in [-0.4, -0.2) is 54.3 Å². The zero-order valence-electron chi connectivity index (χ0n) is 14.6. The van der Waals surface area contributed by atoms with Crippen LogP contribution in [0.25, 0.3) is 0 Å². The minimum absolute atomic E-state index is 0.00555. The summed E-state index contributed by atoms with van der Waals surface area (Å²) < 4.78 is 0. The van der Waals surface area contributed by atoms with Gasteiger partial charge in [0.15, 0.2) is 0 Å². The number of urea groups is 1. The molecule has 0 radical (unpaired) electrons. The first-order valence-electron chi connectivity index (χ1n) is 8.48. The Balaban J connectivity index is 1.67. The second-order valence-corrected chi connectivity index (χ2v) is 6.30. The Bertz CT molecular complexity index is 753. The number of hydrogen-bond donors (Lipinski definition) is 1. The number of imide groups is 1. The molecule has 1 N–H and O–H groups in total. The fourth-order valence-electron chi connectivity index (χ4n) is 3.04. The Hall–Kier alpha value is -3.15. The Morgan fingerprint density at radius 2 is 1.54 bits per heavy atom. The average molecular weight is 351 g/mol. The summed E-state index contributed by atoms with van der Waals surface area (Å²) in [6.07, 6.45) is 0. The molecule has 4 amide bonds. The van der Waals surface area contributed by atoms with Crippen molar-refractivity contribution in [1.29, 1.82) is 0 Å². The molecule has 26 heavy (non-hydrogen) atoms. The lowest BCUT2D eigenvalue weighted by Crippen LogP contribution is -2.42. The summed E-state index contributed by atoms with van der Waals surface area (Å²) in [6.45, 7) is 0.153. The minimum atomic E-state index is -0.437. The van der Waals surface area contributed by atoms with Crippen LogP contribution in [0.1, 0.15) is 17.0 Å². The van der Waals surface area contributed by atoms with E-state index in [1.54, 1.807) is 7.05 Å². The SMILES string of the molecule is CN1CC(=O)N(CC(=O)NCC(c2ccccc2)c2ccccc2)C1=O. The van der Waals surface area contributed by atoms with Crippen LogP contribution in [0.5, 0.6) is 0 Å². The molecule has 0 aromatic heterocycles. The molecule has 0 unspecified atom stereocenters. The van der Waals surface area contributed by atoms with Gasteiger partial charge in [-0.2, -0.15) is 0 Å². The van der Waals surface area contributed by atoms with Crippen LogP contribution < -0.4 is 5.32 Å². The molecular formula is C20H21N3O3. The van der Waals surface area contributed by atoms with E-state index in [4.69, 9.17) is 0 Å². The zero-order valence-corrected chi connectivity index (χ0v) is 14.6. The van der Waals surface area contributed by atoms with Gasteiger partial charge in [-0.05, 0) is 11.1 Å². The molecule has 2 aromatic carbocycles. The van der Waals surface area contributed by atoms with Crippen LogP contribution in [0.15, 0.2) is 60.7 Å². The molecular weight excluding hydrogens is 330 g/mol. The number of rotatable bonds is 6. The first-order chi connectivity index (χ1) is 12.6. The lowest BCUT2D eigenvalue weighted by Gasteiger charge is -2.20. The molecule has 3 rings (SSSR count). The summed E-state index contributed by atoms with van der Waals surface area (Å²) in [4.78, 5) is 38.2. The van der Waals surface area contributed by atoms with Gasteiger partial charge in [-0.15, -0.1) is 0 Å². The van der Waals surface area contributed by atoms with Crippen molar-refractivity contribution in [2.24, 2.45) is 0 Å². The second kappa shape index (κ2) is 7.82. The first-order valence-corrected chi connectivity index (χ1v) is 8.48. The third kappa shape index (κ3) is 3.91. The van der Waals surface area contributed by atoms with Gasteiger partial charge in [0.2, 0.25) is 5.91 Å². The molecule has 1 aliphatic rings. The molecule has 1 aliphatic heterocycles. The van der Waals surface area contributed by atoms with Gasteiger partial charge in [-0.3, -0.25) is 14.5 Å². The molecule has 0 saturated carbocycles. The molecule has 0 atom stereocenters. The molecule has 1 fully saturated rings. The number of benzene rings is 2. The monoisotopic (exact) mass is 351 g/mol. The van der Waals surface area contributed by atoms with E-state index in [0.29, 0.717) is 6.54 Å². The number of nitrogens with one attached hydrogen (secondary N) is 1. The van der Waals surface area contributed by atoms with E-state index in [0.717, 1.165) is 16.0 Å². The molecule has 6 heteroatoms. The fourth-order valence-corrected chi connectivity index (χ4v) is 3.04. The van der Waals surface area contributed by atoms with Crippen molar-refractivity contribution in [3.63, 3.8) is 0 Å². The summed E-state index contributed by atoms with van der Waals surface area (Å²) in [5.41, 5.74) is 2.18. The number of hydrogen-bond acceptors (Lipinski definition) is 3. The molecule has 0 spiro atoms. The lowest BCUT2D eigenvalue weighted by atomic mass is 9.91. The standard InChI is InChI=1S/C20H21N3O3/c1-22-14-19(25)23(20(22)26)13-18(24)21-12-17(15-8-4-2-5-9-15)16-10-6-3-7-11-16/h2-11,17H,12-14H2,1H3,(H,21,24). The number of amides is 4. The number of likely N-dealkylation sites (N-methyl/N-ethyl adjacent to an activating group) is 1. The van der Waals surface area contributed by atoms with Gasteiger partial charge in [0.1, 0.15) is 13.1 Å². The lowest BCUT2D eigenvalue weighted by molar-refractivity contribution is -0.130. The van der Waals surface area contributed by atoms with E-state index in [2.05, 4.69) is 5.32 Å². The molecule has 0 bridgehead atoms. The zero-order chi connectivity index (χ0) is 18.5. The van der Waals surface area contributed by atoms with Gasteiger partial charge in [-0.1, -0.05) is 60.7 Å². The van der Waals surface area contributed by atoms with Crippen LogP contribution >= 0.6 is 0 Å². The van der Waals surface area contributed by atoms with Crippen molar-refractivity contribution >= 4 is 17.8 Å². The van der Waals surface area contributed by atoms with Gasteiger partial charge in [0.25, 0.3) is 5.91 Å². The quantitative estimate of drug-likeness (QED) is 0.807. The van der Waals surface area contributed by atoms with Crippen LogP contribution in [0.4, 0.5) is 4.79 Å². The Kier molecular flexibility index (Phi) is 5.31. The maximum atomic E-state index is 12.3. The van der Waals surface area contributed by atoms with E-state index in [-0.39, 0.29) is 30.8 Å². The number of carbonyl (C=O) groups is 3. The maximum absolute atomic E-state index is 12.3. The van der Waals surface area contributed by atoms with Crippen molar-refractivity contribution in [3.05, 3.63) is 71.8 Å². The first kappa shape index (κ1) is 17.7. The Labute approximate surface area is 152 Å². The predicted molar refractivity (Wildman–Crippen MR) is 97.5 cm³/mol. The van der Waals surface area contributed by atoms with E-state index >= 15 is 0 Å². The largest absolute Gasteiger partial charge is 0.354 e. The van der Waals surface area contributed by atoms with Crippen LogP contribution in [0.2, 0.25) is 0 Å². The van der Waals surface area contributed by atoms with E-state index < -0.39 is 6.03 Å². The van der Waals surface area contributed by atoms with Crippen molar-refractivity contribution in [2.45, 2.75) is 5.92 Å². The van der Waals surface area contributed by atoms with Crippen LogP contribution in [0, 0.1) is 0 Å². The van der Waals surface area contributed by atoms with Crippen molar-refractivity contribution in [2.75, 3.05) is 26.7 Å². The third-order valence-electron chi connectivity index (χ3n) is 4.44.